The first-order valence-corrected chi connectivity index (χ1v) is 4.33. The van der Waals surface area contributed by atoms with Crippen LogP contribution >= 0.6 is 11.6 Å². The van der Waals surface area contributed by atoms with Gasteiger partial charge in [-0.25, -0.2) is 4.98 Å². The van der Waals surface area contributed by atoms with Crippen LogP contribution in [0.25, 0.3) is 0 Å². The van der Waals surface area contributed by atoms with Crippen LogP contribution in [0.1, 0.15) is 17.4 Å². The predicted molar refractivity (Wildman–Crippen MR) is 51.8 cm³/mol. The molecule has 72 valence electrons. The fourth-order valence-electron chi connectivity index (χ4n) is 0.813. The van der Waals surface area contributed by atoms with E-state index in [1.54, 1.807) is 13.0 Å². The average molecular weight is 210 g/mol. The molecule has 0 aliphatic carbocycles. The van der Waals surface area contributed by atoms with Gasteiger partial charge >= 0.3 is 0 Å². The summed E-state index contributed by atoms with van der Waals surface area (Å²) < 4.78 is 0. The number of aromatic nitrogens is 1. The third-order valence-electron chi connectivity index (χ3n) is 1.50. The quantitative estimate of drug-likeness (QED) is 0.800. The Hall–Kier alpha value is -1.60. The first kappa shape index (κ1) is 10.5. The molecule has 5 heteroatoms. The summed E-state index contributed by atoms with van der Waals surface area (Å²) in [5.74, 6) is -0.379. The summed E-state index contributed by atoms with van der Waals surface area (Å²) in [6, 6.07) is 4.44. The largest absolute Gasteiger partial charge is 0.335 e. The van der Waals surface area contributed by atoms with Gasteiger partial charge in [0.2, 0.25) is 0 Å². The van der Waals surface area contributed by atoms with Crippen LogP contribution in [0.15, 0.2) is 18.3 Å². The van der Waals surface area contributed by atoms with Crippen LogP contribution in [0.5, 0.6) is 0 Å². The Morgan fingerprint density at radius 3 is 2.93 bits per heavy atom. The fourth-order valence-corrected chi connectivity index (χ4v) is 0.925. The second kappa shape index (κ2) is 4.58. The van der Waals surface area contributed by atoms with Crippen molar-refractivity contribution in [2.24, 2.45) is 0 Å². The molecule has 1 aromatic rings. The van der Waals surface area contributed by atoms with Crippen LogP contribution < -0.4 is 5.32 Å². The molecule has 1 rings (SSSR count). The summed E-state index contributed by atoms with van der Waals surface area (Å²) in [6.07, 6.45) is 1.38. The van der Waals surface area contributed by atoms with E-state index in [2.05, 4.69) is 10.3 Å². The molecule has 0 aliphatic heterocycles. The SMILES string of the molecule is CC(C#N)NC(=O)c1ccc(Cl)cn1. The topological polar surface area (TPSA) is 65.8 Å². The van der Waals surface area contributed by atoms with Crippen molar-refractivity contribution in [3.8, 4) is 6.07 Å². The number of hydrogen-bond donors (Lipinski definition) is 1. The number of nitrogens with one attached hydrogen (secondary N) is 1. The Morgan fingerprint density at radius 2 is 2.43 bits per heavy atom. The summed E-state index contributed by atoms with van der Waals surface area (Å²) in [6.45, 7) is 1.59. The molecule has 1 heterocycles. The van der Waals surface area contributed by atoms with Crippen LogP contribution in [0.2, 0.25) is 5.02 Å². The van der Waals surface area contributed by atoms with E-state index >= 15 is 0 Å². The number of nitriles is 1. The average Bonchev–Trinajstić information content (AvgIpc) is 2.18. The molecule has 0 radical (unpaired) electrons. The van der Waals surface area contributed by atoms with Gasteiger partial charge in [-0.15, -0.1) is 0 Å². The minimum atomic E-state index is -0.528. The van der Waals surface area contributed by atoms with E-state index in [1.807, 2.05) is 6.07 Å². The maximum absolute atomic E-state index is 11.4. The smallest absolute Gasteiger partial charge is 0.270 e. The van der Waals surface area contributed by atoms with Crippen molar-refractivity contribution in [1.82, 2.24) is 10.3 Å². The van der Waals surface area contributed by atoms with Crippen molar-refractivity contribution < 1.29 is 4.79 Å². The second-order valence-electron chi connectivity index (χ2n) is 2.69. The van der Waals surface area contributed by atoms with Gasteiger partial charge in [-0.2, -0.15) is 5.26 Å². The van der Waals surface area contributed by atoms with Gasteiger partial charge in [-0.3, -0.25) is 4.79 Å². The number of halogens is 1. The Balaban J connectivity index is 2.71. The van der Waals surface area contributed by atoms with Gasteiger partial charge in [0.05, 0.1) is 11.1 Å². The Morgan fingerprint density at radius 1 is 1.71 bits per heavy atom. The number of amides is 1. The molecule has 1 unspecified atom stereocenters. The van der Waals surface area contributed by atoms with Gasteiger partial charge in [0, 0.05) is 6.20 Å². The summed E-state index contributed by atoms with van der Waals surface area (Å²) >= 11 is 5.60. The van der Waals surface area contributed by atoms with E-state index in [-0.39, 0.29) is 11.6 Å². The van der Waals surface area contributed by atoms with Crippen LogP contribution in [0.4, 0.5) is 0 Å². The molecule has 0 aromatic carbocycles. The molecule has 0 saturated heterocycles. The van der Waals surface area contributed by atoms with Crippen molar-refractivity contribution in [3.05, 3.63) is 29.0 Å². The van der Waals surface area contributed by atoms with Crippen LogP contribution in [-0.2, 0) is 0 Å². The lowest BCUT2D eigenvalue weighted by molar-refractivity contribution is 0.0943. The van der Waals surface area contributed by atoms with Crippen LogP contribution in [0, 0.1) is 11.3 Å². The first-order valence-electron chi connectivity index (χ1n) is 3.95. The molecule has 0 bridgehead atoms. The van der Waals surface area contributed by atoms with Gasteiger partial charge in [-0.05, 0) is 19.1 Å². The van der Waals surface area contributed by atoms with Crippen LogP contribution in [-0.4, -0.2) is 16.9 Å². The second-order valence-corrected chi connectivity index (χ2v) is 3.12. The minimum Gasteiger partial charge on any atom is -0.335 e. The highest BCUT2D eigenvalue weighted by Gasteiger charge is 2.09. The lowest BCUT2D eigenvalue weighted by atomic mass is 10.3. The monoisotopic (exact) mass is 209 g/mol. The highest BCUT2D eigenvalue weighted by Crippen LogP contribution is 2.05. The number of hydrogen-bond acceptors (Lipinski definition) is 3. The zero-order valence-electron chi connectivity index (χ0n) is 7.49. The molecule has 14 heavy (non-hydrogen) atoms. The third-order valence-corrected chi connectivity index (χ3v) is 1.72. The molecule has 4 nitrogen and oxygen atoms in total. The predicted octanol–water partition coefficient (Wildman–Crippen LogP) is 1.38. The molecule has 0 saturated carbocycles. The van der Waals surface area contributed by atoms with Gasteiger partial charge in [-0.1, -0.05) is 11.6 Å². The number of carbonyl (C=O) groups excluding carboxylic acids is 1. The van der Waals surface area contributed by atoms with Crippen molar-refractivity contribution in [2.75, 3.05) is 0 Å². The number of pyridine rings is 1. The highest BCUT2D eigenvalue weighted by atomic mass is 35.5. The van der Waals surface area contributed by atoms with Gasteiger partial charge in [0.1, 0.15) is 11.7 Å². The molecule has 1 atom stereocenters. The normalized spacial score (nSPS) is 11.5. The van der Waals surface area contributed by atoms with E-state index in [4.69, 9.17) is 16.9 Å². The number of rotatable bonds is 2. The maximum Gasteiger partial charge on any atom is 0.270 e. The molecule has 0 aliphatic rings. The maximum atomic E-state index is 11.4. The van der Waals surface area contributed by atoms with E-state index in [0.29, 0.717) is 5.02 Å². The molecule has 0 fully saturated rings. The highest BCUT2D eigenvalue weighted by molar-refractivity contribution is 6.30. The zero-order chi connectivity index (χ0) is 10.6. The summed E-state index contributed by atoms with van der Waals surface area (Å²) in [5, 5.41) is 11.4. The Bertz CT molecular complexity index is 369. The molecule has 1 aromatic heterocycles. The molecule has 1 N–H and O–H groups in total. The summed E-state index contributed by atoms with van der Waals surface area (Å²) in [7, 11) is 0. The minimum absolute atomic E-state index is 0.247. The summed E-state index contributed by atoms with van der Waals surface area (Å²) in [4.78, 5) is 15.2. The number of nitrogens with zero attached hydrogens (tertiary/aromatic N) is 2. The molecular weight excluding hydrogens is 202 g/mol. The van der Waals surface area contributed by atoms with Gasteiger partial charge in [0.15, 0.2) is 0 Å². The molecular formula is C9H8ClN3O. The van der Waals surface area contributed by atoms with Crippen molar-refractivity contribution in [2.45, 2.75) is 13.0 Å². The van der Waals surface area contributed by atoms with Gasteiger partial charge in [0.25, 0.3) is 5.91 Å². The Kier molecular flexibility index (Phi) is 3.43. The van der Waals surface area contributed by atoms with Crippen molar-refractivity contribution in [1.29, 1.82) is 5.26 Å². The van der Waals surface area contributed by atoms with Crippen molar-refractivity contribution >= 4 is 17.5 Å². The van der Waals surface area contributed by atoms with Crippen molar-refractivity contribution in [3.63, 3.8) is 0 Å². The lowest BCUT2D eigenvalue weighted by Crippen LogP contribution is -2.31. The van der Waals surface area contributed by atoms with E-state index in [9.17, 15) is 4.79 Å². The Labute approximate surface area is 86.5 Å². The zero-order valence-corrected chi connectivity index (χ0v) is 8.25. The molecule has 0 spiro atoms. The number of carbonyl (C=O) groups is 1. The van der Waals surface area contributed by atoms with Crippen LogP contribution in [0.3, 0.4) is 0 Å². The molecule has 1 amide bonds. The third kappa shape index (κ3) is 2.71. The van der Waals surface area contributed by atoms with E-state index in [0.717, 1.165) is 0 Å². The van der Waals surface area contributed by atoms with Gasteiger partial charge < -0.3 is 5.32 Å². The van der Waals surface area contributed by atoms with E-state index < -0.39 is 6.04 Å². The first-order chi connectivity index (χ1) is 6.63. The van der Waals surface area contributed by atoms with E-state index in [1.165, 1.54) is 12.3 Å². The summed E-state index contributed by atoms with van der Waals surface area (Å²) in [5.41, 5.74) is 0.247. The standard InChI is InChI=1S/C9H8ClN3O/c1-6(4-11)13-9(14)8-3-2-7(10)5-12-8/h2-3,5-6H,1H3,(H,13,14). The fraction of sp³-hybridized carbons (Fsp3) is 0.222. The lowest BCUT2D eigenvalue weighted by Gasteiger charge is -2.04.